The zero-order valence-electron chi connectivity index (χ0n) is 12.1. The van der Waals surface area contributed by atoms with Crippen LogP contribution in [-0.2, 0) is 0 Å². The molecule has 5 heteroatoms. The Kier molecular flexibility index (Phi) is 4.85. The molecule has 110 valence electrons. The molecule has 2 aromatic carbocycles. The fourth-order valence-electron chi connectivity index (χ4n) is 1.88. The van der Waals surface area contributed by atoms with E-state index in [4.69, 9.17) is 9.47 Å². The van der Waals surface area contributed by atoms with E-state index in [1.54, 1.807) is 38.5 Å². The highest BCUT2D eigenvalue weighted by Crippen LogP contribution is 2.29. The Hall–Kier alpha value is -2.01. The number of hydrogen-bond acceptors (Lipinski definition) is 3. The highest BCUT2D eigenvalue weighted by Gasteiger charge is 2.11. The number of methoxy groups -OCH3 is 2. The molecule has 0 radical (unpaired) electrons. The smallest absolute Gasteiger partial charge is 0.255 e. The van der Waals surface area contributed by atoms with Gasteiger partial charge in [-0.15, -0.1) is 0 Å². The predicted octanol–water partition coefficient (Wildman–Crippen LogP) is 4.03. The number of rotatable bonds is 4. The van der Waals surface area contributed by atoms with Gasteiger partial charge in [0.25, 0.3) is 5.91 Å². The van der Waals surface area contributed by atoms with E-state index in [0.717, 1.165) is 10.0 Å². The number of nitrogens with one attached hydrogen (secondary N) is 1. The number of anilines is 1. The number of ether oxygens (including phenoxy) is 2. The minimum Gasteiger partial charge on any atom is -0.497 e. The molecule has 0 saturated carbocycles. The highest BCUT2D eigenvalue weighted by molar-refractivity contribution is 9.10. The van der Waals surface area contributed by atoms with Crippen LogP contribution in [0.15, 0.2) is 40.9 Å². The maximum atomic E-state index is 12.3. The van der Waals surface area contributed by atoms with Crippen LogP contribution in [0.4, 0.5) is 5.69 Å². The van der Waals surface area contributed by atoms with Crippen LogP contribution in [0.3, 0.4) is 0 Å². The van der Waals surface area contributed by atoms with Crippen LogP contribution in [0.2, 0.25) is 0 Å². The van der Waals surface area contributed by atoms with Crippen molar-refractivity contribution in [2.24, 2.45) is 0 Å². The van der Waals surface area contributed by atoms with E-state index in [1.165, 1.54) is 0 Å². The lowest BCUT2D eigenvalue weighted by Gasteiger charge is -2.12. The van der Waals surface area contributed by atoms with Gasteiger partial charge in [-0.25, -0.2) is 0 Å². The van der Waals surface area contributed by atoms with E-state index in [2.05, 4.69) is 21.2 Å². The molecule has 0 fully saturated rings. The number of carbonyl (C=O) groups is 1. The van der Waals surface area contributed by atoms with E-state index in [-0.39, 0.29) is 5.91 Å². The van der Waals surface area contributed by atoms with Gasteiger partial charge in [-0.2, -0.15) is 0 Å². The van der Waals surface area contributed by atoms with Crippen LogP contribution < -0.4 is 14.8 Å². The van der Waals surface area contributed by atoms with Gasteiger partial charge >= 0.3 is 0 Å². The SMILES string of the molecule is COc1ccc(NC(=O)c2ccc(Br)c(C)c2)c(OC)c1. The molecule has 0 bridgehead atoms. The fourth-order valence-corrected chi connectivity index (χ4v) is 2.13. The summed E-state index contributed by atoms with van der Waals surface area (Å²) in [5.74, 6) is 1.04. The monoisotopic (exact) mass is 349 g/mol. The summed E-state index contributed by atoms with van der Waals surface area (Å²) in [5, 5.41) is 2.84. The van der Waals surface area contributed by atoms with Crippen molar-refractivity contribution in [1.29, 1.82) is 0 Å². The Morgan fingerprint density at radius 1 is 1.10 bits per heavy atom. The lowest BCUT2D eigenvalue weighted by atomic mass is 10.1. The fraction of sp³-hybridized carbons (Fsp3) is 0.188. The van der Waals surface area contributed by atoms with Crippen molar-refractivity contribution in [3.05, 3.63) is 52.0 Å². The number of aryl methyl sites for hydroxylation is 1. The predicted molar refractivity (Wildman–Crippen MR) is 86.4 cm³/mol. The second kappa shape index (κ2) is 6.63. The first-order valence-electron chi connectivity index (χ1n) is 6.34. The summed E-state index contributed by atoms with van der Waals surface area (Å²) in [5.41, 5.74) is 2.20. The number of amides is 1. The molecule has 0 atom stereocenters. The molecule has 0 saturated heterocycles. The minimum absolute atomic E-state index is 0.186. The summed E-state index contributed by atoms with van der Waals surface area (Å²) in [4.78, 5) is 12.3. The molecule has 2 aromatic rings. The van der Waals surface area contributed by atoms with Gasteiger partial charge in [-0.05, 0) is 42.8 Å². The van der Waals surface area contributed by atoms with Crippen LogP contribution in [0.1, 0.15) is 15.9 Å². The van der Waals surface area contributed by atoms with Crippen molar-refractivity contribution in [1.82, 2.24) is 0 Å². The topological polar surface area (TPSA) is 47.6 Å². The molecule has 0 spiro atoms. The minimum atomic E-state index is -0.186. The standard InChI is InChI=1S/C16H16BrNO3/c1-10-8-11(4-6-13(10)17)16(19)18-14-7-5-12(20-2)9-15(14)21-3/h4-9H,1-3H3,(H,18,19). The van der Waals surface area contributed by atoms with Crippen molar-refractivity contribution in [2.75, 3.05) is 19.5 Å². The Bertz CT molecular complexity index is 671. The maximum absolute atomic E-state index is 12.3. The van der Waals surface area contributed by atoms with Gasteiger partial charge in [-0.3, -0.25) is 4.79 Å². The second-order valence-electron chi connectivity index (χ2n) is 4.48. The number of halogens is 1. The summed E-state index contributed by atoms with van der Waals surface area (Å²) in [6.45, 7) is 1.94. The summed E-state index contributed by atoms with van der Waals surface area (Å²) in [6, 6.07) is 10.7. The molecule has 1 N–H and O–H groups in total. The number of hydrogen-bond donors (Lipinski definition) is 1. The number of benzene rings is 2. The van der Waals surface area contributed by atoms with Crippen molar-refractivity contribution in [2.45, 2.75) is 6.92 Å². The normalized spacial score (nSPS) is 10.1. The van der Waals surface area contributed by atoms with Gasteiger partial charge < -0.3 is 14.8 Å². The summed E-state index contributed by atoms with van der Waals surface area (Å²) < 4.78 is 11.4. The molecular weight excluding hydrogens is 334 g/mol. The van der Waals surface area contributed by atoms with Crippen molar-refractivity contribution in [3.63, 3.8) is 0 Å². The molecule has 1 amide bonds. The first-order chi connectivity index (χ1) is 10.0. The van der Waals surface area contributed by atoms with Gasteiger partial charge in [0, 0.05) is 16.1 Å². The molecule has 0 aliphatic carbocycles. The average molecular weight is 350 g/mol. The van der Waals surface area contributed by atoms with E-state index in [0.29, 0.717) is 22.7 Å². The van der Waals surface area contributed by atoms with Gasteiger partial charge in [0.05, 0.1) is 19.9 Å². The first-order valence-corrected chi connectivity index (χ1v) is 7.14. The molecule has 4 nitrogen and oxygen atoms in total. The lowest BCUT2D eigenvalue weighted by Crippen LogP contribution is -2.12. The Morgan fingerprint density at radius 3 is 2.48 bits per heavy atom. The lowest BCUT2D eigenvalue weighted by molar-refractivity contribution is 0.102. The molecule has 0 heterocycles. The van der Waals surface area contributed by atoms with E-state index >= 15 is 0 Å². The zero-order valence-corrected chi connectivity index (χ0v) is 13.7. The summed E-state index contributed by atoms with van der Waals surface area (Å²) in [7, 11) is 3.13. The third-order valence-corrected chi connectivity index (χ3v) is 3.97. The highest BCUT2D eigenvalue weighted by atomic mass is 79.9. The van der Waals surface area contributed by atoms with Gasteiger partial charge in [0.2, 0.25) is 0 Å². The van der Waals surface area contributed by atoms with E-state index in [1.807, 2.05) is 19.1 Å². The first kappa shape index (κ1) is 15.4. The average Bonchev–Trinajstić information content (AvgIpc) is 2.50. The van der Waals surface area contributed by atoms with Crippen molar-refractivity contribution < 1.29 is 14.3 Å². The molecular formula is C16H16BrNO3. The van der Waals surface area contributed by atoms with Crippen LogP contribution in [-0.4, -0.2) is 20.1 Å². The third-order valence-electron chi connectivity index (χ3n) is 3.08. The van der Waals surface area contributed by atoms with Crippen molar-refractivity contribution >= 4 is 27.5 Å². The molecule has 0 aromatic heterocycles. The quantitative estimate of drug-likeness (QED) is 0.906. The summed E-state index contributed by atoms with van der Waals surface area (Å²) >= 11 is 3.42. The molecule has 2 rings (SSSR count). The Balaban J connectivity index is 2.24. The Labute approximate surface area is 132 Å². The van der Waals surface area contributed by atoms with E-state index in [9.17, 15) is 4.79 Å². The zero-order chi connectivity index (χ0) is 15.4. The molecule has 0 aliphatic rings. The Morgan fingerprint density at radius 2 is 1.86 bits per heavy atom. The molecule has 0 unspecified atom stereocenters. The van der Waals surface area contributed by atoms with Crippen LogP contribution in [0, 0.1) is 6.92 Å². The van der Waals surface area contributed by atoms with Gasteiger partial charge in [-0.1, -0.05) is 15.9 Å². The van der Waals surface area contributed by atoms with Crippen molar-refractivity contribution in [3.8, 4) is 11.5 Å². The third kappa shape index (κ3) is 3.55. The second-order valence-corrected chi connectivity index (χ2v) is 5.34. The molecule has 0 aliphatic heterocycles. The maximum Gasteiger partial charge on any atom is 0.255 e. The van der Waals surface area contributed by atoms with Gasteiger partial charge in [0.15, 0.2) is 0 Å². The van der Waals surface area contributed by atoms with Gasteiger partial charge in [0.1, 0.15) is 11.5 Å². The van der Waals surface area contributed by atoms with E-state index < -0.39 is 0 Å². The number of carbonyl (C=O) groups excluding carboxylic acids is 1. The van der Waals surface area contributed by atoms with Crippen LogP contribution >= 0.6 is 15.9 Å². The largest absolute Gasteiger partial charge is 0.497 e. The van der Waals surface area contributed by atoms with Crippen LogP contribution in [0.5, 0.6) is 11.5 Å². The summed E-state index contributed by atoms with van der Waals surface area (Å²) in [6.07, 6.45) is 0. The van der Waals surface area contributed by atoms with Crippen LogP contribution in [0.25, 0.3) is 0 Å². The molecule has 21 heavy (non-hydrogen) atoms.